The van der Waals surface area contributed by atoms with Gasteiger partial charge < -0.3 is 5.32 Å². The Morgan fingerprint density at radius 3 is 2.43 bits per heavy atom. The van der Waals surface area contributed by atoms with Gasteiger partial charge in [-0.1, -0.05) is 42.1 Å². The third-order valence-electron chi connectivity index (χ3n) is 2.03. The third-order valence-corrected chi connectivity index (χ3v) is 3.14. The van der Waals surface area contributed by atoms with Crippen molar-refractivity contribution < 1.29 is 4.79 Å². The van der Waals surface area contributed by atoms with Gasteiger partial charge in [0, 0.05) is 23.9 Å². The molecule has 1 fully saturated rings. The predicted octanol–water partition coefficient (Wildman–Crippen LogP) is 1.95. The molecule has 0 aliphatic carbocycles. The van der Waals surface area contributed by atoms with Gasteiger partial charge >= 0.3 is 0 Å². The lowest BCUT2D eigenvalue weighted by Gasteiger charge is -2.25. The number of hydrogen-bond donors (Lipinski definition) is 1. The summed E-state index contributed by atoms with van der Waals surface area (Å²) in [5.74, 6) is 0. The first kappa shape index (κ1) is 11.6. The Balaban J connectivity index is 0.000000980. The minimum atomic E-state index is 0. The van der Waals surface area contributed by atoms with Crippen molar-refractivity contribution in [1.82, 2.24) is 5.32 Å². The van der Waals surface area contributed by atoms with Crippen molar-refractivity contribution in [2.45, 2.75) is 5.25 Å². The molecule has 1 heterocycles. The van der Waals surface area contributed by atoms with Crippen LogP contribution in [-0.2, 0) is 0 Å². The van der Waals surface area contributed by atoms with E-state index in [-0.39, 0.29) is 17.5 Å². The molecule has 0 spiro atoms. The number of nitrogens with one attached hydrogen (secondary N) is 1. The zero-order chi connectivity index (χ0) is 9.10. The quantitative estimate of drug-likeness (QED) is 0.841. The molecule has 2 rings (SSSR count). The summed E-state index contributed by atoms with van der Waals surface area (Å²) in [4.78, 5) is 11.6. The molecule has 1 saturated heterocycles. The Hall–Kier alpha value is -0.510. The van der Waals surface area contributed by atoms with Gasteiger partial charge in [0.15, 0.2) is 0 Å². The van der Waals surface area contributed by atoms with Crippen molar-refractivity contribution in [1.29, 1.82) is 0 Å². The maximum Gasteiger partial charge on any atom is 0.219 e. The first-order valence-corrected chi connectivity index (χ1v) is 5.21. The second-order valence-electron chi connectivity index (χ2n) is 3.05. The molecule has 76 valence electrons. The number of carbonyl (C=O) groups excluding carboxylic acids is 1. The summed E-state index contributed by atoms with van der Waals surface area (Å²) in [6.07, 6.45) is 0. The third kappa shape index (κ3) is 2.74. The van der Waals surface area contributed by atoms with Crippen LogP contribution in [0.15, 0.2) is 30.3 Å². The van der Waals surface area contributed by atoms with Crippen molar-refractivity contribution in [3.8, 4) is 0 Å². The fourth-order valence-electron chi connectivity index (χ4n) is 1.14. The number of benzene rings is 1. The van der Waals surface area contributed by atoms with Crippen LogP contribution in [0.1, 0.15) is 10.4 Å². The minimum Gasteiger partial charge on any atom is -0.314 e. The van der Waals surface area contributed by atoms with Crippen LogP contribution in [0.4, 0.5) is 0 Å². The van der Waals surface area contributed by atoms with Crippen LogP contribution in [-0.4, -0.2) is 23.5 Å². The largest absolute Gasteiger partial charge is 0.314 e. The Labute approximate surface area is 93.9 Å². The van der Waals surface area contributed by atoms with Gasteiger partial charge in [-0.2, -0.15) is 0 Å². The molecule has 0 bridgehead atoms. The van der Waals surface area contributed by atoms with E-state index in [1.54, 1.807) is 0 Å². The highest BCUT2D eigenvalue weighted by Gasteiger charge is 2.21. The van der Waals surface area contributed by atoms with Gasteiger partial charge in [-0.25, -0.2) is 0 Å². The number of carbonyl (C=O) groups is 1. The van der Waals surface area contributed by atoms with Crippen molar-refractivity contribution in [2.75, 3.05) is 13.1 Å². The number of rotatable bonds is 2. The summed E-state index contributed by atoms with van der Waals surface area (Å²) < 4.78 is 0. The minimum absolute atomic E-state index is 0. The van der Waals surface area contributed by atoms with Crippen LogP contribution >= 0.6 is 24.2 Å². The fraction of sp³-hybridized carbons (Fsp3) is 0.300. The second kappa shape index (κ2) is 5.39. The van der Waals surface area contributed by atoms with Gasteiger partial charge in [-0.3, -0.25) is 4.79 Å². The van der Waals surface area contributed by atoms with E-state index in [2.05, 4.69) is 5.32 Å². The van der Waals surface area contributed by atoms with Crippen molar-refractivity contribution in [2.24, 2.45) is 0 Å². The lowest BCUT2D eigenvalue weighted by Crippen LogP contribution is -2.45. The SMILES string of the molecule is Cl.O=C(SC1CNC1)c1ccccc1. The van der Waals surface area contributed by atoms with E-state index < -0.39 is 0 Å². The molecule has 2 nitrogen and oxygen atoms in total. The molecular formula is C10H12ClNOS. The Kier molecular flexibility index (Phi) is 4.45. The van der Waals surface area contributed by atoms with E-state index >= 15 is 0 Å². The summed E-state index contributed by atoms with van der Waals surface area (Å²) in [5, 5.41) is 3.81. The molecule has 0 radical (unpaired) electrons. The molecule has 1 aromatic carbocycles. The Morgan fingerprint density at radius 2 is 1.93 bits per heavy atom. The van der Waals surface area contributed by atoms with Crippen LogP contribution in [0.25, 0.3) is 0 Å². The molecule has 0 aromatic heterocycles. The lowest BCUT2D eigenvalue weighted by atomic mass is 10.2. The molecule has 4 heteroatoms. The average molecular weight is 230 g/mol. The molecule has 0 saturated carbocycles. The summed E-state index contributed by atoms with van der Waals surface area (Å²) in [6.45, 7) is 1.92. The molecule has 0 atom stereocenters. The van der Waals surface area contributed by atoms with Crippen molar-refractivity contribution in [3.05, 3.63) is 35.9 Å². The van der Waals surface area contributed by atoms with E-state index in [4.69, 9.17) is 0 Å². The lowest BCUT2D eigenvalue weighted by molar-refractivity contribution is 0.108. The average Bonchev–Trinajstić information content (AvgIpc) is 2.12. The summed E-state index contributed by atoms with van der Waals surface area (Å²) in [5.41, 5.74) is 0.805. The normalized spacial score (nSPS) is 15.4. The molecular weight excluding hydrogens is 218 g/mol. The molecule has 1 aromatic rings. The fourth-order valence-corrected chi connectivity index (χ4v) is 2.12. The van der Waals surface area contributed by atoms with Gasteiger partial charge in [0.05, 0.1) is 0 Å². The van der Waals surface area contributed by atoms with Crippen LogP contribution in [0.2, 0.25) is 0 Å². The standard InChI is InChI=1S/C10H11NOS.ClH/c12-10(13-9-6-11-7-9)8-4-2-1-3-5-8;/h1-5,9,11H,6-7H2;1H. The smallest absolute Gasteiger partial charge is 0.219 e. The highest BCUT2D eigenvalue weighted by atomic mass is 35.5. The van der Waals surface area contributed by atoms with Crippen LogP contribution in [0, 0.1) is 0 Å². The van der Waals surface area contributed by atoms with E-state index in [1.807, 2.05) is 30.3 Å². The summed E-state index contributed by atoms with van der Waals surface area (Å²) in [6, 6.07) is 9.44. The second-order valence-corrected chi connectivity index (χ2v) is 4.32. The zero-order valence-electron chi connectivity index (χ0n) is 7.60. The monoisotopic (exact) mass is 229 g/mol. The zero-order valence-corrected chi connectivity index (χ0v) is 9.24. The van der Waals surface area contributed by atoms with E-state index in [0.717, 1.165) is 18.7 Å². The van der Waals surface area contributed by atoms with Crippen LogP contribution < -0.4 is 5.32 Å². The first-order valence-electron chi connectivity index (χ1n) is 4.33. The summed E-state index contributed by atoms with van der Waals surface area (Å²) >= 11 is 1.44. The van der Waals surface area contributed by atoms with E-state index in [9.17, 15) is 4.79 Å². The molecule has 0 amide bonds. The van der Waals surface area contributed by atoms with Gasteiger partial charge in [0.2, 0.25) is 5.12 Å². The van der Waals surface area contributed by atoms with Gasteiger partial charge in [-0.05, 0) is 0 Å². The highest BCUT2D eigenvalue weighted by Crippen LogP contribution is 2.20. The number of hydrogen-bond acceptors (Lipinski definition) is 3. The Morgan fingerprint density at radius 1 is 1.29 bits per heavy atom. The van der Waals surface area contributed by atoms with Gasteiger partial charge in [0.1, 0.15) is 0 Å². The Bertz CT molecular complexity index is 300. The maximum absolute atomic E-state index is 11.6. The number of halogens is 1. The van der Waals surface area contributed by atoms with Crippen LogP contribution in [0.3, 0.4) is 0 Å². The molecule has 1 aliphatic heterocycles. The molecule has 0 unspecified atom stereocenters. The van der Waals surface area contributed by atoms with E-state index in [1.165, 1.54) is 11.8 Å². The highest BCUT2D eigenvalue weighted by molar-refractivity contribution is 8.14. The first-order chi connectivity index (χ1) is 6.36. The van der Waals surface area contributed by atoms with Gasteiger partial charge in [0.25, 0.3) is 0 Å². The van der Waals surface area contributed by atoms with Crippen molar-refractivity contribution >= 4 is 29.3 Å². The predicted molar refractivity (Wildman–Crippen MR) is 62.3 cm³/mol. The van der Waals surface area contributed by atoms with Crippen LogP contribution in [0.5, 0.6) is 0 Å². The summed E-state index contributed by atoms with van der Waals surface area (Å²) in [7, 11) is 0. The van der Waals surface area contributed by atoms with E-state index in [0.29, 0.717) is 5.25 Å². The molecule has 14 heavy (non-hydrogen) atoms. The maximum atomic E-state index is 11.6. The molecule has 1 aliphatic rings. The number of thioether (sulfide) groups is 1. The van der Waals surface area contributed by atoms with Gasteiger partial charge in [-0.15, -0.1) is 12.4 Å². The topological polar surface area (TPSA) is 29.1 Å². The molecule has 1 N–H and O–H groups in total. The van der Waals surface area contributed by atoms with Crippen molar-refractivity contribution in [3.63, 3.8) is 0 Å².